The zero-order valence-corrected chi connectivity index (χ0v) is 10.7. The number of aliphatic hydroxyl groups excluding tert-OH is 1. The largest absolute Gasteiger partial charge is 0.454 e. The van der Waals surface area contributed by atoms with Gasteiger partial charge in [0.25, 0.3) is 5.91 Å². The summed E-state index contributed by atoms with van der Waals surface area (Å²) in [6.07, 6.45) is 0. The maximum atomic E-state index is 11.9. The van der Waals surface area contributed by atoms with Gasteiger partial charge in [-0.05, 0) is 18.1 Å². The van der Waals surface area contributed by atoms with Crippen LogP contribution in [-0.2, 0) is 0 Å². The molecule has 1 unspecified atom stereocenters. The lowest BCUT2D eigenvalue weighted by molar-refractivity contribution is 0.0942. The molecule has 0 spiro atoms. The van der Waals surface area contributed by atoms with E-state index in [1.54, 1.807) is 6.07 Å². The van der Waals surface area contributed by atoms with Crippen LogP contribution in [-0.4, -0.2) is 31.0 Å². The van der Waals surface area contributed by atoms with Gasteiger partial charge in [-0.3, -0.25) is 4.79 Å². The molecular weight excluding hydrogens is 258 g/mol. The summed E-state index contributed by atoms with van der Waals surface area (Å²) in [5.41, 5.74) is 0.411. The second-order valence-corrected chi connectivity index (χ2v) is 4.60. The van der Waals surface area contributed by atoms with E-state index in [9.17, 15) is 4.79 Å². The number of rotatable bonds is 4. The number of amides is 1. The van der Waals surface area contributed by atoms with E-state index in [-0.39, 0.29) is 25.2 Å². The second kappa shape index (κ2) is 5.46. The molecule has 98 valence electrons. The summed E-state index contributed by atoms with van der Waals surface area (Å²) in [6, 6.07) is 3.13. The van der Waals surface area contributed by atoms with Crippen molar-refractivity contribution in [1.29, 1.82) is 0 Å². The predicted molar refractivity (Wildman–Crippen MR) is 66.2 cm³/mol. The van der Waals surface area contributed by atoms with Gasteiger partial charge in [-0.25, -0.2) is 0 Å². The minimum atomic E-state index is -0.254. The van der Waals surface area contributed by atoms with Crippen molar-refractivity contribution in [1.82, 2.24) is 5.32 Å². The third kappa shape index (κ3) is 2.68. The summed E-state index contributed by atoms with van der Waals surface area (Å²) >= 11 is 5.98. The van der Waals surface area contributed by atoms with Crippen molar-refractivity contribution in [3.63, 3.8) is 0 Å². The molecule has 0 saturated carbocycles. The van der Waals surface area contributed by atoms with E-state index in [4.69, 9.17) is 26.2 Å². The van der Waals surface area contributed by atoms with Gasteiger partial charge in [-0.1, -0.05) is 18.5 Å². The molecule has 5 nitrogen and oxygen atoms in total. The fourth-order valence-corrected chi connectivity index (χ4v) is 1.80. The van der Waals surface area contributed by atoms with Crippen LogP contribution in [0.15, 0.2) is 12.1 Å². The number of fused-ring (bicyclic) bond motifs is 1. The average molecular weight is 272 g/mol. The Labute approximate surface area is 110 Å². The highest BCUT2D eigenvalue weighted by atomic mass is 35.5. The molecule has 1 aromatic rings. The first-order valence-electron chi connectivity index (χ1n) is 5.60. The molecule has 0 aliphatic carbocycles. The predicted octanol–water partition coefficient (Wildman–Crippen LogP) is 1.43. The fraction of sp³-hybridized carbons (Fsp3) is 0.417. The Hall–Kier alpha value is -1.46. The molecule has 0 saturated heterocycles. The third-order valence-corrected chi connectivity index (χ3v) is 2.89. The molecule has 0 aromatic heterocycles. The van der Waals surface area contributed by atoms with Gasteiger partial charge in [-0.15, -0.1) is 0 Å². The summed E-state index contributed by atoms with van der Waals surface area (Å²) in [7, 11) is 0. The maximum Gasteiger partial charge on any atom is 0.251 e. The lowest BCUT2D eigenvalue weighted by Gasteiger charge is -2.10. The number of hydrogen-bond donors (Lipinski definition) is 2. The van der Waals surface area contributed by atoms with Crippen molar-refractivity contribution in [3.8, 4) is 11.5 Å². The molecule has 1 heterocycles. The van der Waals surface area contributed by atoms with Crippen molar-refractivity contribution >= 4 is 17.5 Å². The topological polar surface area (TPSA) is 67.8 Å². The van der Waals surface area contributed by atoms with Crippen LogP contribution < -0.4 is 14.8 Å². The van der Waals surface area contributed by atoms with Crippen LogP contribution in [0.3, 0.4) is 0 Å². The number of ether oxygens (including phenoxy) is 2. The summed E-state index contributed by atoms with van der Waals surface area (Å²) in [6.45, 7) is 2.39. The Balaban J connectivity index is 2.09. The first-order valence-corrected chi connectivity index (χ1v) is 5.97. The smallest absolute Gasteiger partial charge is 0.251 e. The summed E-state index contributed by atoms with van der Waals surface area (Å²) in [4.78, 5) is 11.9. The number of carbonyl (C=O) groups excluding carboxylic acids is 1. The van der Waals surface area contributed by atoms with Gasteiger partial charge < -0.3 is 19.9 Å². The van der Waals surface area contributed by atoms with Crippen LogP contribution in [0.2, 0.25) is 5.02 Å². The van der Waals surface area contributed by atoms with E-state index < -0.39 is 0 Å². The van der Waals surface area contributed by atoms with Crippen molar-refractivity contribution in [3.05, 3.63) is 22.7 Å². The number of halogens is 1. The monoisotopic (exact) mass is 271 g/mol. The second-order valence-electron chi connectivity index (χ2n) is 4.19. The number of carbonyl (C=O) groups is 1. The Morgan fingerprint density at radius 1 is 1.56 bits per heavy atom. The molecular formula is C12H14ClNO4. The summed E-state index contributed by atoms with van der Waals surface area (Å²) < 4.78 is 10.4. The SMILES string of the molecule is CC(CO)CNC(=O)c1cc(Cl)c2c(c1)OCO2. The molecule has 1 amide bonds. The Morgan fingerprint density at radius 2 is 2.33 bits per heavy atom. The maximum absolute atomic E-state index is 11.9. The first-order chi connectivity index (χ1) is 8.61. The Bertz CT molecular complexity index is 464. The molecule has 1 atom stereocenters. The minimum absolute atomic E-state index is 0.0124. The summed E-state index contributed by atoms with van der Waals surface area (Å²) in [5, 5.41) is 11.9. The molecule has 6 heteroatoms. The first kappa shape index (κ1) is 13.0. The van der Waals surface area contributed by atoms with Crippen LogP contribution in [0, 0.1) is 5.92 Å². The van der Waals surface area contributed by atoms with E-state index in [1.165, 1.54) is 6.07 Å². The quantitative estimate of drug-likeness (QED) is 0.869. The van der Waals surface area contributed by atoms with Gasteiger partial charge >= 0.3 is 0 Å². The van der Waals surface area contributed by atoms with E-state index in [1.807, 2.05) is 6.92 Å². The molecule has 18 heavy (non-hydrogen) atoms. The van der Waals surface area contributed by atoms with Crippen molar-refractivity contribution < 1.29 is 19.4 Å². The Kier molecular flexibility index (Phi) is 3.93. The lowest BCUT2D eigenvalue weighted by Crippen LogP contribution is -2.29. The van der Waals surface area contributed by atoms with Gasteiger partial charge in [0.15, 0.2) is 11.5 Å². The molecule has 2 rings (SSSR count). The number of hydrogen-bond acceptors (Lipinski definition) is 4. The molecule has 0 bridgehead atoms. The van der Waals surface area contributed by atoms with Crippen LogP contribution in [0.25, 0.3) is 0 Å². The van der Waals surface area contributed by atoms with Gasteiger partial charge in [0, 0.05) is 18.7 Å². The van der Waals surface area contributed by atoms with Gasteiger partial charge in [-0.2, -0.15) is 0 Å². The molecule has 0 radical (unpaired) electrons. The average Bonchev–Trinajstić information content (AvgIpc) is 2.84. The highest BCUT2D eigenvalue weighted by Gasteiger charge is 2.20. The number of benzene rings is 1. The standard InChI is InChI=1S/C12H14ClNO4/c1-7(5-15)4-14-12(16)8-2-9(13)11-10(3-8)17-6-18-11/h2-3,7,15H,4-6H2,1H3,(H,14,16). The van der Waals surface area contributed by atoms with Gasteiger partial charge in [0.2, 0.25) is 6.79 Å². The highest BCUT2D eigenvalue weighted by molar-refractivity contribution is 6.32. The molecule has 1 aliphatic rings. The van der Waals surface area contributed by atoms with E-state index >= 15 is 0 Å². The number of aliphatic hydroxyl groups is 1. The molecule has 1 aliphatic heterocycles. The fourth-order valence-electron chi connectivity index (χ4n) is 1.53. The van der Waals surface area contributed by atoms with E-state index in [0.717, 1.165) is 0 Å². The Morgan fingerprint density at radius 3 is 3.06 bits per heavy atom. The molecule has 1 aromatic carbocycles. The minimum Gasteiger partial charge on any atom is -0.454 e. The zero-order chi connectivity index (χ0) is 13.1. The lowest BCUT2D eigenvalue weighted by atomic mass is 10.1. The van der Waals surface area contributed by atoms with Crippen molar-refractivity contribution in [2.75, 3.05) is 19.9 Å². The van der Waals surface area contributed by atoms with Crippen LogP contribution in [0.4, 0.5) is 0 Å². The summed E-state index contributed by atoms with van der Waals surface area (Å²) in [5.74, 6) is 0.703. The van der Waals surface area contributed by atoms with Crippen LogP contribution in [0.1, 0.15) is 17.3 Å². The zero-order valence-electron chi connectivity index (χ0n) is 9.90. The van der Waals surface area contributed by atoms with Crippen molar-refractivity contribution in [2.24, 2.45) is 5.92 Å². The number of nitrogens with one attached hydrogen (secondary N) is 1. The molecule has 2 N–H and O–H groups in total. The van der Waals surface area contributed by atoms with Gasteiger partial charge in [0.05, 0.1) is 5.02 Å². The molecule has 0 fully saturated rings. The van der Waals surface area contributed by atoms with Crippen LogP contribution in [0.5, 0.6) is 11.5 Å². The van der Waals surface area contributed by atoms with Crippen molar-refractivity contribution in [2.45, 2.75) is 6.92 Å². The third-order valence-electron chi connectivity index (χ3n) is 2.61. The normalized spacial score (nSPS) is 14.4. The van der Waals surface area contributed by atoms with E-state index in [0.29, 0.717) is 28.6 Å². The van der Waals surface area contributed by atoms with Gasteiger partial charge in [0.1, 0.15) is 0 Å². The van der Waals surface area contributed by atoms with Crippen LogP contribution >= 0.6 is 11.6 Å². The highest BCUT2D eigenvalue weighted by Crippen LogP contribution is 2.39. The van der Waals surface area contributed by atoms with E-state index in [2.05, 4.69) is 5.32 Å².